The van der Waals surface area contributed by atoms with Crippen molar-refractivity contribution in [3.8, 4) is 29.6 Å². The van der Waals surface area contributed by atoms with E-state index in [1.54, 1.807) is 43.3 Å². The number of carbonyl (C=O) groups excluding carboxylic acids is 1. The maximum Gasteiger partial charge on any atom is 0.338 e. The molecule has 2 aromatic carbocycles. The predicted octanol–water partition coefficient (Wildman–Crippen LogP) is 5.30. The van der Waals surface area contributed by atoms with Crippen molar-refractivity contribution < 1.29 is 23.7 Å². The second-order valence-electron chi connectivity index (χ2n) is 9.06. The molecule has 0 amide bonds. The molecule has 1 aromatic heterocycles. The van der Waals surface area contributed by atoms with Crippen LogP contribution in [0.1, 0.15) is 50.8 Å². The van der Waals surface area contributed by atoms with Gasteiger partial charge >= 0.3 is 5.97 Å². The number of carbonyl (C=O) groups is 1. The number of halogens is 2. The number of thiazole rings is 1. The molecular weight excluding hydrogens is 599 g/mol. The molecule has 0 saturated heterocycles. The van der Waals surface area contributed by atoms with E-state index in [4.69, 9.17) is 53.6 Å². The highest BCUT2D eigenvalue weighted by Crippen LogP contribution is 2.39. The van der Waals surface area contributed by atoms with Crippen LogP contribution in [-0.2, 0) is 9.53 Å². The predicted molar refractivity (Wildman–Crippen MR) is 165 cm³/mol. The first kappa shape index (κ1) is 31.2. The lowest BCUT2D eigenvalue weighted by Crippen LogP contribution is -2.40. The molecular formula is C31H30Cl2N2O6S. The van der Waals surface area contributed by atoms with E-state index in [9.17, 15) is 9.59 Å². The van der Waals surface area contributed by atoms with Gasteiger partial charge in [0.2, 0.25) is 0 Å². The fourth-order valence-electron chi connectivity index (χ4n) is 4.67. The zero-order valence-corrected chi connectivity index (χ0v) is 26.0. The second-order valence-corrected chi connectivity index (χ2v) is 10.9. The first-order chi connectivity index (χ1) is 20.3. The van der Waals surface area contributed by atoms with Crippen LogP contribution in [0.15, 0.2) is 51.4 Å². The average Bonchev–Trinajstić information content (AvgIpc) is 3.26. The summed E-state index contributed by atoms with van der Waals surface area (Å²) in [6.07, 6.45) is 8.27. The number of hydrogen-bond donors (Lipinski definition) is 0. The number of aromatic nitrogens is 1. The third kappa shape index (κ3) is 6.36. The van der Waals surface area contributed by atoms with Crippen LogP contribution in [0.3, 0.4) is 0 Å². The maximum absolute atomic E-state index is 14.1. The molecule has 1 atom stereocenters. The monoisotopic (exact) mass is 628 g/mol. The minimum atomic E-state index is -0.875. The molecule has 0 radical (unpaired) electrons. The Morgan fingerprint density at radius 1 is 1.14 bits per heavy atom. The van der Waals surface area contributed by atoms with E-state index in [2.05, 4.69) is 5.92 Å². The van der Waals surface area contributed by atoms with Crippen LogP contribution in [-0.4, -0.2) is 37.5 Å². The van der Waals surface area contributed by atoms with Crippen LogP contribution in [0, 0.1) is 12.3 Å². The number of nitrogens with zero attached hydrogens (tertiary/aromatic N) is 2. The molecule has 0 spiro atoms. The van der Waals surface area contributed by atoms with Crippen molar-refractivity contribution in [2.75, 3.05) is 26.9 Å². The summed E-state index contributed by atoms with van der Waals surface area (Å²) in [4.78, 5) is 32.7. The lowest BCUT2D eigenvalue weighted by molar-refractivity contribution is -0.139. The van der Waals surface area contributed by atoms with E-state index in [0.29, 0.717) is 61.5 Å². The van der Waals surface area contributed by atoms with E-state index in [0.717, 1.165) is 6.42 Å². The third-order valence-electron chi connectivity index (χ3n) is 6.31. The van der Waals surface area contributed by atoms with Gasteiger partial charge in [0.05, 0.1) is 41.1 Å². The van der Waals surface area contributed by atoms with Crippen molar-refractivity contribution in [2.45, 2.75) is 39.7 Å². The number of hydrogen-bond acceptors (Lipinski definition) is 8. The summed E-state index contributed by atoms with van der Waals surface area (Å²) in [5, 5.41) is 0.710. The second kappa shape index (κ2) is 14.0. The fourth-order valence-corrected chi connectivity index (χ4v) is 6.15. The molecule has 42 heavy (non-hydrogen) atoms. The van der Waals surface area contributed by atoms with E-state index in [1.165, 1.54) is 23.0 Å². The zero-order chi connectivity index (χ0) is 30.4. The quantitative estimate of drug-likeness (QED) is 0.211. The van der Waals surface area contributed by atoms with Gasteiger partial charge in [-0.15, -0.1) is 6.42 Å². The third-order valence-corrected chi connectivity index (χ3v) is 7.81. The zero-order valence-electron chi connectivity index (χ0n) is 23.7. The summed E-state index contributed by atoms with van der Waals surface area (Å²) in [7, 11) is 1.52. The van der Waals surface area contributed by atoms with Crippen molar-refractivity contribution >= 4 is 46.6 Å². The molecule has 0 N–H and O–H groups in total. The van der Waals surface area contributed by atoms with Crippen LogP contribution >= 0.6 is 34.5 Å². The summed E-state index contributed by atoms with van der Waals surface area (Å²) in [5.41, 5.74) is 1.62. The van der Waals surface area contributed by atoms with Crippen molar-refractivity contribution in [1.29, 1.82) is 0 Å². The number of rotatable bonds is 11. The normalized spacial score (nSPS) is 14.6. The van der Waals surface area contributed by atoms with E-state index in [-0.39, 0.29) is 29.4 Å². The molecule has 1 aliphatic heterocycles. The van der Waals surface area contributed by atoms with Gasteiger partial charge in [-0.05, 0) is 62.2 Å². The Hall–Kier alpha value is -3.71. The summed E-state index contributed by atoms with van der Waals surface area (Å²) in [6, 6.07) is 7.60. The van der Waals surface area contributed by atoms with Gasteiger partial charge < -0.3 is 18.9 Å². The Balaban J connectivity index is 2.00. The molecule has 3 aromatic rings. The molecule has 0 aliphatic carbocycles. The molecule has 2 heterocycles. The number of benzene rings is 2. The van der Waals surface area contributed by atoms with E-state index >= 15 is 0 Å². The Kier molecular flexibility index (Phi) is 10.4. The number of allylic oxidation sites excluding steroid dienone is 1. The summed E-state index contributed by atoms with van der Waals surface area (Å²) < 4.78 is 24.3. The van der Waals surface area contributed by atoms with Crippen LogP contribution < -0.4 is 29.1 Å². The minimum absolute atomic E-state index is 0.0214. The van der Waals surface area contributed by atoms with E-state index in [1.807, 2.05) is 13.8 Å². The molecule has 1 aliphatic rings. The van der Waals surface area contributed by atoms with Crippen molar-refractivity contribution in [1.82, 2.24) is 4.57 Å². The van der Waals surface area contributed by atoms with Crippen LogP contribution in [0.2, 0.25) is 10.0 Å². The largest absolute Gasteiger partial charge is 0.496 e. The van der Waals surface area contributed by atoms with Crippen molar-refractivity contribution in [3.05, 3.63) is 82.5 Å². The SMILES string of the molecule is C#CCOc1c(Cl)cc(/C=c2/sc3n(c2=O)[C@@H](c2cc(Cl)ccc2OC)C(C(=O)OCC)=C(CCC)N=3)cc1OCC. The fraction of sp³-hybridized carbons (Fsp3) is 0.323. The van der Waals surface area contributed by atoms with Gasteiger partial charge in [-0.1, -0.05) is 53.8 Å². The first-order valence-electron chi connectivity index (χ1n) is 13.4. The van der Waals surface area contributed by atoms with Gasteiger partial charge in [0, 0.05) is 10.6 Å². The summed E-state index contributed by atoms with van der Waals surface area (Å²) in [5.74, 6) is 3.05. The molecule has 4 rings (SSSR count). The van der Waals surface area contributed by atoms with Crippen LogP contribution in [0.4, 0.5) is 0 Å². The lowest BCUT2D eigenvalue weighted by atomic mass is 9.93. The van der Waals surface area contributed by atoms with Gasteiger partial charge in [-0.2, -0.15) is 0 Å². The van der Waals surface area contributed by atoms with Gasteiger partial charge in [-0.25, -0.2) is 9.79 Å². The van der Waals surface area contributed by atoms with E-state index < -0.39 is 12.0 Å². The lowest BCUT2D eigenvalue weighted by Gasteiger charge is -2.27. The summed E-state index contributed by atoms with van der Waals surface area (Å²) in [6.45, 7) is 6.11. The number of fused-ring (bicyclic) bond motifs is 1. The molecule has 0 fully saturated rings. The molecule has 11 heteroatoms. The number of ether oxygens (including phenoxy) is 4. The average molecular weight is 630 g/mol. The first-order valence-corrected chi connectivity index (χ1v) is 14.9. The summed E-state index contributed by atoms with van der Waals surface area (Å²) >= 11 is 14.1. The Morgan fingerprint density at radius 3 is 2.60 bits per heavy atom. The number of esters is 1. The molecule has 8 nitrogen and oxygen atoms in total. The van der Waals surface area contributed by atoms with Gasteiger partial charge in [-0.3, -0.25) is 9.36 Å². The minimum Gasteiger partial charge on any atom is -0.496 e. The van der Waals surface area contributed by atoms with Crippen molar-refractivity contribution in [3.63, 3.8) is 0 Å². The maximum atomic E-state index is 14.1. The van der Waals surface area contributed by atoms with Gasteiger partial charge in [0.15, 0.2) is 16.3 Å². The smallest absolute Gasteiger partial charge is 0.338 e. The Labute approximate surface area is 257 Å². The van der Waals surface area contributed by atoms with Gasteiger partial charge in [0.25, 0.3) is 5.56 Å². The highest BCUT2D eigenvalue weighted by Gasteiger charge is 2.36. The standard InChI is InChI=1S/C31H30Cl2N2O6S/c1-6-10-22-26(30(37)40-9-4)27(20-17-19(32)11-12-23(20)38-5)35-29(36)25(42-31(35)34-22)16-18-14-21(33)28(41-13-7-2)24(15-18)39-8-3/h2,11-12,14-17,27H,6,8-10,13H2,1,3-5H3/b25-16+/t27-/m0/s1. The molecule has 0 saturated carbocycles. The Morgan fingerprint density at radius 2 is 1.93 bits per heavy atom. The van der Waals surface area contributed by atoms with Crippen LogP contribution in [0.25, 0.3) is 6.08 Å². The highest BCUT2D eigenvalue weighted by atomic mass is 35.5. The molecule has 0 bridgehead atoms. The Bertz CT molecular complexity index is 1750. The van der Waals surface area contributed by atoms with Gasteiger partial charge in [0.1, 0.15) is 18.4 Å². The van der Waals surface area contributed by atoms with Crippen LogP contribution in [0.5, 0.6) is 17.2 Å². The number of methoxy groups -OCH3 is 1. The molecule has 0 unspecified atom stereocenters. The molecule has 220 valence electrons. The van der Waals surface area contributed by atoms with Crippen molar-refractivity contribution in [2.24, 2.45) is 4.99 Å². The highest BCUT2D eigenvalue weighted by molar-refractivity contribution is 7.07. The topological polar surface area (TPSA) is 88.4 Å². The number of terminal acetylenes is 1.